The lowest BCUT2D eigenvalue weighted by Crippen LogP contribution is -2.34. The highest BCUT2D eigenvalue weighted by atomic mass is 16.1. The van der Waals surface area contributed by atoms with Crippen LogP contribution in [0.2, 0.25) is 0 Å². The fourth-order valence-corrected chi connectivity index (χ4v) is 2.46. The summed E-state index contributed by atoms with van der Waals surface area (Å²) in [4.78, 5) is 26.8. The van der Waals surface area contributed by atoms with Crippen molar-refractivity contribution in [2.45, 2.75) is 19.8 Å². The molecular weight excluding hydrogens is 278 g/mol. The van der Waals surface area contributed by atoms with E-state index in [1.807, 2.05) is 0 Å². The van der Waals surface area contributed by atoms with Crippen molar-refractivity contribution >= 4 is 17.5 Å². The number of anilines is 2. The maximum Gasteiger partial charge on any atom is 0.255 e. The summed E-state index contributed by atoms with van der Waals surface area (Å²) in [6.45, 7) is 4.25. The topological polar surface area (TPSA) is 71.0 Å². The molecule has 114 valence electrons. The van der Waals surface area contributed by atoms with Crippen LogP contribution in [0.25, 0.3) is 0 Å². The molecule has 1 fully saturated rings. The Balaban J connectivity index is 1.63. The number of aromatic nitrogens is 3. The van der Waals surface area contributed by atoms with Crippen LogP contribution in [0.5, 0.6) is 0 Å². The lowest BCUT2D eigenvalue weighted by molar-refractivity contribution is 0.102. The second-order valence-corrected chi connectivity index (χ2v) is 5.63. The van der Waals surface area contributed by atoms with Crippen LogP contribution in [0.1, 0.15) is 30.1 Å². The highest BCUT2D eigenvalue weighted by molar-refractivity contribution is 6.03. The van der Waals surface area contributed by atoms with Crippen LogP contribution < -0.4 is 10.2 Å². The fraction of sp³-hybridized carbons (Fsp3) is 0.375. The second kappa shape index (κ2) is 6.51. The number of piperidine rings is 1. The van der Waals surface area contributed by atoms with Gasteiger partial charge in [0.1, 0.15) is 0 Å². The summed E-state index contributed by atoms with van der Waals surface area (Å²) in [6, 6.07) is 3.33. The van der Waals surface area contributed by atoms with Crippen LogP contribution in [-0.4, -0.2) is 33.9 Å². The molecule has 0 saturated carbocycles. The number of amides is 1. The van der Waals surface area contributed by atoms with Gasteiger partial charge in [0.05, 0.1) is 18.1 Å². The standard InChI is InChI=1S/C16H19N5O/c1-12-4-8-21(9-5-12)16-18-10-14(11-19-16)20-15(22)13-2-6-17-7-3-13/h2-3,6-7,10-12H,4-5,8-9H2,1H3,(H,20,22). The van der Waals surface area contributed by atoms with Gasteiger partial charge in [-0.2, -0.15) is 0 Å². The van der Waals surface area contributed by atoms with E-state index in [4.69, 9.17) is 0 Å². The van der Waals surface area contributed by atoms with Crippen LogP contribution in [0, 0.1) is 5.92 Å². The molecule has 1 aliphatic rings. The molecule has 0 radical (unpaired) electrons. The molecule has 1 amide bonds. The Kier molecular flexibility index (Phi) is 4.27. The summed E-state index contributed by atoms with van der Waals surface area (Å²) in [5, 5.41) is 2.79. The normalized spacial score (nSPS) is 15.6. The molecule has 0 bridgehead atoms. The molecule has 6 heteroatoms. The summed E-state index contributed by atoms with van der Waals surface area (Å²) in [5.41, 5.74) is 1.15. The Bertz CT molecular complexity index is 621. The van der Waals surface area contributed by atoms with Crippen LogP contribution in [0.4, 0.5) is 11.6 Å². The van der Waals surface area contributed by atoms with E-state index in [0.717, 1.165) is 25.0 Å². The molecule has 22 heavy (non-hydrogen) atoms. The Morgan fingerprint density at radius 2 is 1.82 bits per heavy atom. The number of nitrogens with one attached hydrogen (secondary N) is 1. The highest BCUT2D eigenvalue weighted by Crippen LogP contribution is 2.20. The van der Waals surface area contributed by atoms with Crippen molar-refractivity contribution in [2.24, 2.45) is 5.92 Å². The van der Waals surface area contributed by atoms with E-state index >= 15 is 0 Å². The number of rotatable bonds is 3. The van der Waals surface area contributed by atoms with Crippen molar-refractivity contribution in [3.05, 3.63) is 42.5 Å². The number of carbonyl (C=O) groups excluding carboxylic acids is 1. The molecule has 1 aliphatic heterocycles. The van der Waals surface area contributed by atoms with E-state index in [9.17, 15) is 4.79 Å². The summed E-state index contributed by atoms with van der Waals surface area (Å²) in [5.74, 6) is 1.31. The first-order valence-electron chi connectivity index (χ1n) is 7.51. The smallest absolute Gasteiger partial charge is 0.255 e. The molecule has 2 aromatic heterocycles. The lowest BCUT2D eigenvalue weighted by atomic mass is 10.00. The molecule has 6 nitrogen and oxygen atoms in total. The molecule has 0 aliphatic carbocycles. The molecule has 0 spiro atoms. The number of hydrogen-bond acceptors (Lipinski definition) is 5. The summed E-state index contributed by atoms with van der Waals surface area (Å²) >= 11 is 0. The van der Waals surface area contributed by atoms with Gasteiger partial charge in [-0.25, -0.2) is 9.97 Å². The maximum atomic E-state index is 12.0. The minimum Gasteiger partial charge on any atom is -0.341 e. The average molecular weight is 297 g/mol. The Morgan fingerprint density at radius 3 is 2.45 bits per heavy atom. The van der Waals surface area contributed by atoms with Crippen molar-refractivity contribution < 1.29 is 4.79 Å². The van der Waals surface area contributed by atoms with Gasteiger partial charge in [0.2, 0.25) is 5.95 Å². The van der Waals surface area contributed by atoms with Gasteiger partial charge >= 0.3 is 0 Å². The van der Waals surface area contributed by atoms with Gasteiger partial charge in [-0.05, 0) is 30.9 Å². The van der Waals surface area contributed by atoms with Crippen molar-refractivity contribution in [3.8, 4) is 0 Å². The minimum absolute atomic E-state index is 0.189. The maximum absolute atomic E-state index is 12.0. The molecular formula is C16H19N5O. The zero-order chi connectivity index (χ0) is 15.4. The third-order valence-electron chi connectivity index (χ3n) is 3.91. The summed E-state index contributed by atoms with van der Waals surface area (Å²) < 4.78 is 0. The molecule has 1 N–H and O–H groups in total. The van der Waals surface area contributed by atoms with Crippen molar-refractivity contribution in [1.29, 1.82) is 0 Å². The Labute approximate surface area is 129 Å². The SMILES string of the molecule is CC1CCN(c2ncc(NC(=O)c3ccncc3)cn2)CC1. The number of nitrogens with zero attached hydrogens (tertiary/aromatic N) is 4. The molecule has 0 aromatic carbocycles. The molecule has 1 saturated heterocycles. The zero-order valence-corrected chi connectivity index (χ0v) is 12.6. The van der Waals surface area contributed by atoms with Crippen LogP contribution >= 0.6 is 0 Å². The first-order valence-corrected chi connectivity index (χ1v) is 7.51. The number of pyridine rings is 1. The van der Waals surface area contributed by atoms with Gasteiger partial charge in [0.15, 0.2) is 0 Å². The van der Waals surface area contributed by atoms with Gasteiger partial charge in [-0.15, -0.1) is 0 Å². The highest BCUT2D eigenvalue weighted by Gasteiger charge is 2.17. The van der Waals surface area contributed by atoms with E-state index < -0.39 is 0 Å². The van der Waals surface area contributed by atoms with Gasteiger partial charge in [-0.1, -0.05) is 6.92 Å². The third kappa shape index (κ3) is 3.39. The third-order valence-corrected chi connectivity index (χ3v) is 3.91. The summed E-state index contributed by atoms with van der Waals surface area (Å²) in [7, 11) is 0. The van der Waals surface area contributed by atoms with Gasteiger partial charge in [-0.3, -0.25) is 9.78 Å². The van der Waals surface area contributed by atoms with Crippen molar-refractivity contribution in [3.63, 3.8) is 0 Å². The monoisotopic (exact) mass is 297 g/mol. The van der Waals surface area contributed by atoms with Crippen molar-refractivity contribution in [2.75, 3.05) is 23.3 Å². The Morgan fingerprint density at radius 1 is 1.18 bits per heavy atom. The van der Waals surface area contributed by atoms with E-state index in [2.05, 4.69) is 32.1 Å². The van der Waals surface area contributed by atoms with Gasteiger partial charge in [0, 0.05) is 31.0 Å². The van der Waals surface area contributed by atoms with Gasteiger partial charge < -0.3 is 10.2 Å². The van der Waals surface area contributed by atoms with Crippen LogP contribution in [0.15, 0.2) is 36.9 Å². The predicted octanol–water partition coefficient (Wildman–Crippen LogP) is 2.36. The van der Waals surface area contributed by atoms with Crippen LogP contribution in [-0.2, 0) is 0 Å². The van der Waals surface area contributed by atoms with Crippen LogP contribution in [0.3, 0.4) is 0 Å². The Hall–Kier alpha value is -2.50. The predicted molar refractivity (Wildman–Crippen MR) is 84.8 cm³/mol. The quantitative estimate of drug-likeness (QED) is 0.941. The van der Waals surface area contributed by atoms with E-state index in [-0.39, 0.29) is 5.91 Å². The number of hydrogen-bond donors (Lipinski definition) is 1. The molecule has 2 aromatic rings. The molecule has 3 rings (SSSR count). The largest absolute Gasteiger partial charge is 0.341 e. The van der Waals surface area contributed by atoms with Crippen molar-refractivity contribution in [1.82, 2.24) is 15.0 Å². The van der Waals surface area contributed by atoms with E-state index in [0.29, 0.717) is 11.3 Å². The first kappa shape index (κ1) is 14.4. The van der Waals surface area contributed by atoms with Gasteiger partial charge in [0.25, 0.3) is 5.91 Å². The first-order chi connectivity index (χ1) is 10.7. The fourth-order valence-electron chi connectivity index (χ4n) is 2.46. The van der Waals surface area contributed by atoms with E-state index in [1.165, 1.54) is 12.8 Å². The zero-order valence-electron chi connectivity index (χ0n) is 12.6. The molecule has 0 atom stereocenters. The molecule has 3 heterocycles. The summed E-state index contributed by atoms with van der Waals surface area (Å²) in [6.07, 6.45) is 8.82. The second-order valence-electron chi connectivity index (χ2n) is 5.63. The molecule has 0 unspecified atom stereocenters. The average Bonchev–Trinajstić information content (AvgIpc) is 2.57. The van der Waals surface area contributed by atoms with E-state index in [1.54, 1.807) is 36.9 Å². The lowest BCUT2D eigenvalue weighted by Gasteiger charge is -2.30. The minimum atomic E-state index is -0.189. The number of carbonyl (C=O) groups is 1.